The van der Waals surface area contributed by atoms with Gasteiger partial charge >= 0.3 is 6.03 Å². The molecule has 1 aromatic carbocycles. The van der Waals surface area contributed by atoms with Crippen LogP contribution in [0, 0.1) is 5.82 Å². The highest BCUT2D eigenvalue weighted by Crippen LogP contribution is 2.21. The summed E-state index contributed by atoms with van der Waals surface area (Å²) >= 11 is 0. The minimum Gasteiger partial charge on any atom is -0.394 e. The van der Waals surface area contributed by atoms with E-state index in [2.05, 4.69) is 16.0 Å². The number of likely N-dealkylation sites (N-methyl/N-ethyl adjacent to an activating group) is 1. The maximum atomic E-state index is 12.9. The lowest BCUT2D eigenvalue weighted by Crippen LogP contribution is -2.52. The SMILES string of the molecule is CN(C)CC(=O)N[C@H]1CC[C@H](CCNC(=O)Nc2ccc(F)cc2)O[C@@H]1CO. The lowest BCUT2D eigenvalue weighted by molar-refractivity contribution is -0.129. The average Bonchev–Trinajstić information content (AvgIpc) is 2.64. The van der Waals surface area contributed by atoms with Crippen LogP contribution in [-0.4, -0.2) is 74.0 Å². The number of nitrogens with zero attached hydrogens (tertiary/aromatic N) is 1. The summed E-state index contributed by atoms with van der Waals surface area (Å²) in [5.41, 5.74) is 0.504. The number of nitrogens with one attached hydrogen (secondary N) is 3. The molecule has 4 N–H and O–H groups in total. The fourth-order valence-electron chi connectivity index (χ4n) is 3.10. The highest BCUT2D eigenvalue weighted by Gasteiger charge is 2.31. The molecule has 3 amide bonds. The van der Waals surface area contributed by atoms with Gasteiger partial charge in [-0.25, -0.2) is 9.18 Å². The van der Waals surface area contributed by atoms with Gasteiger partial charge in [-0.3, -0.25) is 4.79 Å². The van der Waals surface area contributed by atoms with Gasteiger partial charge in [-0.15, -0.1) is 0 Å². The largest absolute Gasteiger partial charge is 0.394 e. The van der Waals surface area contributed by atoms with E-state index in [1.54, 1.807) is 4.90 Å². The fraction of sp³-hybridized carbons (Fsp3) is 0.579. The monoisotopic (exact) mass is 396 g/mol. The molecule has 0 aromatic heterocycles. The number of carbonyl (C=O) groups is 2. The Labute approximate surface area is 164 Å². The van der Waals surface area contributed by atoms with Gasteiger partial charge < -0.3 is 30.7 Å². The van der Waals surface area contributed by atoms with Crippen LogP contribution >= 0.6 is 0 Å². The van der Waals surface area contributed by atoms with Crippen molar-refractivity contribution in [1.82, 2.24) is 15.5 Å². The number of carbonyl (C=O) groups excluding carboxylic acids is 2. The normalized spacial score (nSPS) is 22.0. The van der Waals surface area contributed by atoms with Gasteiger partial charge in [-0.2, -0.15) is 0 Å². The number of anilines is 1. The van der Waals surface area contributed by atoms with Crippen LogP contribution in [0.25, 0.3) is 0 Å². The standard InChI is InChI=1S/C19H29FN4O4/c1-24(2)11-18(26)23-16-8-7-15(28-17(16)12-25)9-10-21-19(27)22-14-5-3-13(20)4-6-14/h3-6,15-17,25H,7-12H2,1-2H3,(H,23,26)(H2,21,22,27)/t15-,16+,17-/m1/s1. The topological polar surface area (TPSA) is 103 Å². The molecule has 2 rings (SSSR count). The quantitative estimate of drug-likeness (QED) is 0.523. The van der Waals surface area contributed by atoms with Crippen LogP contribution in [-0.2, 0) is 9.53 Å². The van der Waals surface area contributed by atoms with Gasteiger partial charge in [-0.05, 0) is 57.6 Å². The van der Waals surface area contributed by atoms with Crippen LogP contribution in [0.15, 0.2) is 24.3 Å². The number of aliphatic hydroxyl groups excluding tert-OH is 1. The number of ether oxygens (including phenoxy) is 1. The summed E-state index contributed by atoms with van der Waals surface area (Å²) in [5.74, 6) is -0.468. The Hall–Kier alpha value is -2.23. The van der Waals surface area contributed by atoms with Crippen molar-refractivity contribution in [2.24, 2.45) is 0 Å². The fourth-order valence-corrected chi connectivity index (χ4v) is 3.10. The van der Waals surface area contributed by atoms with Gasteiger partial charge in [0.2, 0.25) is 5.91 Å². The van der Waals surface area contributed by atoms with Gasteiger partial charge in [-0.1, -0.05) is 0 Å². The molecule has 1 fully saturated rings. The summed E-state index contributed by atoms with van der Waals surface area (Å²) in [6.07, 6.45) is 1.45. The first kappa shape index (κ1) is 22.1. The summed E-state index contributed by atoms with van der Waals surface area (Å²) in [7, 11) is 3.63. The number of aliphatic hydroxyl groups is 1. The van der Waals surface area contributed by atoms with Gasteiger partial charge in [0.05, 0.1) is 25.3 Å². The summed E-state index contributed by atoms with van der Waals surface area (Å²) in [6.45, 7) is 0.501. The second kappa shape index (κ2) is 10.9. The van der Waals surface area contributed by atoms with Crippen molar-refractivity contribution >= 4 is 17.6 Å². The van der Waals surface area contributed by atoms with Crippen molar-refractivity contribution in [1.29, 1.82) is 0 Å². The Kier molecular flexibility index (Phi) is 8.62. The van der Waals surface area contributed by atoms with E-state index in [1.807, 2.05) is 14.1 Å². The van der Waals surface area contributed by atoms with Crippen LogP contribution in [0.1, 0.15) is 19.3 Å². The maximum absolute atomic E-state index is 12.9. The molecular weight excluding hydrogens is 367 g/mol. The molecule has 0 bridgehead atoms. The number of benzene rings is 1. The predicted octanol–water partition coefficient (Wildman–Crippen LogP) is 0.924. The second-order valence-electron chi connectivity index (χ2n) is 7.14. The molecule has 156 valence electrons. The molecule has 0 saturated carbocycles. The summed E-state index contributed by atoms with van der Waals surface area (Å²) in [6, 6.07) is 4.91. The average molecular weight is 396 g/mol. The third-order valence-corrected chi connectivity index (χ3v) is 4.46. The summed E-state index contributed by atoms with van der Waals surface area (Å²) in [4.78, 5) is 25.6. The Bertz CT molecular complexity index is 641. The van der Waals surface area contributed by atoms with Crippen molar-refractivity contribution in [3.05, 3.63) is 30.1 Å². The third-order valence-electron chi connectivity index (χ3n) is 4.46. The van der Waals surface area contributed by atoms with Crippen molar-refractivity contribution < 1.29 is 23.8 Å². The molecule has 1 aliphatic rings. The van der Waals surface area contributed by atoms with E-state index >= 15 is 0 Å². The second-order valence-corrected chi connectivity index (χ2v) is 7.14. The Morgan fingerprint density at radius 3 is 2.61 bits per heavy atom. The van der Waals surface area contributed by atoms with Crippen LogP contribution in [0.4, 0.5) is 14.9 Å². The number of halogens is 1. The highest BCUT2D eigenvalue weighted by molar-refractivity contribution is 5.89. The zero-order valence-corrected chi connectivity index (χ0v) is 16.3. The van der Waals surface area contributed by atoms with Crippen LogP contribution < -0.4 is 16.0 Å². The van der Waals surface area contributed by atoms with Crippen molar-refractivity contribution in [3.63, 3.8) is 0 Å². The van der Waals surface area contributed by atoms with E-state index < -0.39 is 6.10 Å². The molecule has 0 radical (unpaired) electrons. The van der Waals surface area contributed by atoms with Gasteiger partial charge in [0.15, 0.2) is 0 Å². The van der Waals surface area contributed by atoms with E-state index in [1.165, 1.54) is 24.3 Å². The molecule has 28 heavy (non-hydrogen) atoms. The van der Waals surface area contributed by atoms with E-state index in [9.17, 15) is 19.1 Å². The van der Waals surface area contributed by atoms with E-state index in [4.69, 9.17) is 4.74 Å². The Balaban J connectivity index is 1.70. The summed E-state index contributed by atoms with van der Waals surface area (Å²) in [5, 5.41) is 17.8. The molecular formula is C19H29FN4O4. The maximum Gasteiger partial charge on any atom is 0.319 e. The molecule has 1 aliphatic heterocycles. The van der Waals surface area contributed by atoms with Gasteiger partial charge in [0.1, 0.15) is 11.9 Å². The minimum atomic E-state index is -0.460. The predicted molar refractivity (Wildman–Crippen MR) is 104 cm³/mol. The van der Waals surface area contributed by atoms with Crippen molar-refractivity contribution in [3.8, 4) is 0 Å². The molecule has 8 nitrogen and oxygen atoms in total. The first-order chi connectivity index (χ1) is 13.4. The lowest BCUT2D eigenvalue weighted by atomic mass is 9.97. The smallest absolute Gasteiger partial charge is 0.319 e. The molecule has 1 heterocycles. The van der Waals surface area contributed by atoms with E-state index in [0.717, 1.165) is 6.42 Å². The zero-order valence-electron chi connectivity index (χ0n) is 16.3. The highest BCUT2D eigenvalue weighted by atomic mass is 19.1. The first-order valence-electron chi connectivity index (χ1n) is 9.38. The van der Waals surface area contributed by atoms with Crippen LogP contribution in [0.2, 0.25) is 0 Å². The van der Waals surface area contributed by atoms with Crippen LogP contribution in [0.3, 0.4) is 0 Å². The molecule has 0 unspecified atom stereocenters. The van der Waals surface area contributed by atoms with Crippen LogP contribution in [0.5, 0.6) is 0 Å². The molecule has 3 atom stereocenters. The number of amides is 3. The molecule has 0 spiro atoms. The Morgan fingerprint density at radius 1 is 1.25 bits per heavy atom. The summed E-state index contributed by atoms with van der Waals surface area (Å²) < 4.78 is 18.7. The van der Waals surface area contributed by atoms with E-state index in [0.29, 0.717) is 25.1 Å². The number of rotatable bonds is 8. The lowest BCUT2D eigenvalue weighted by Gasteiger charge is -2.36. The van der Waals surface area contributed by atoms with Crippen molar-refractivity contribution in [2.45, 2.75) is 37.5 Å². The number of hydrogen-bond donors (Lipinski definition) is 4. The van der Waals surface area contributed by atoms with Crippen molar-refractivity contribution in [2.75, 3.05) is 39.1 Å². The minimum absolute atomic E-state index is 0.102. The van der Waals surface area contributed by atoms with Gasteiger partial charge in [0.25, 0.3) is 0 Å². The molecule has 1 saturated heterocycles. The number of hydrogen-bond acceptors (Lipinski definition) is 5. The van der Waals surface area contributed by atoms with E-state index in [-0.39, 0.29) is 43.1 Å². The zero-order chi connectivity index (χ0) is 20.5. The molecule has 1 aromatic rings. The van der Waals surface area contributed by atoms with Gasteiger partial charge in [0, 0.05) is 12.2 Å². The molecule has 9 heteroatoms. The first-order valence-corrected chi connectivity index (χ1v) is 9.38. The Morgan fingerprint density at radius 2 is 1.96 bits per heavy atom. The molecule has 0 aliphatic carbocycles. The number of urea groups is 1. The third kappa shape index (κ3) is 7.41.